The van der Waals surface area contributed by atoms with Crippen molar-refractivity contribution in [3.05, 3.63) is 29.9 Å². The van der Waals surface area contributed by atoms with E-state index in [0.717, 1.165) is 29.8 Å². The molecule has 84 valence electrons. The number of hydrogen-bond donors (Lipinski definition) is 2. The summed E-state index contributed by atoms with van der Waals surface area (Å²) >= 11 is 0. The van der Waals surface area contributed by atoms with Crippen LogP contribution in [0.3, 0.4) is 0 Å². The molecule has 0 radical (unpaired) electrons. The molecule has 1 aromatic heterocycles. The van der Waals surface area contributed by atoms with Gasteiger partial charge in [0, 0.05) is 18.0 Å². The number of carbonyl (C=O) groups excluding carboxylic acids is 1. The standard InChI is InChI=1S/C11H13N3O2/c1-7-12-5-10(6-13-7)8-2-3-9(4-8)11(15)14-16/h4-6,9,16H,2-3H2,1H3,(H,14,15). The molecule has 2 N–H and O–H groups in total. The predicted octanol–water partition coefficient (Wildman–Crippen LogP) is 1.08. The Labute approximate surface area is 93.2 Å². The van der Waals surface area contributed by atoms with E-state index >= 15 is 0 Å². The van der Waals surface area contributed by atoms with Crippen LogP contribution in [0.25, 0.3) is 5.57 Å². The molecule has 0 aromatic carbocycles. The highest BCUT2D eigenvalue weighted by atomic mass is 16.5. The zero-order valence-corrected chi connectivity index (χ0v) is 8.97. The van der Waals surface area contributed by atoms with Crippen LogP contribution in [0.2, 0.25) is 0 Å². The first kappa shape index (κ1) is 10.8. The van der Waals surface area contributed by atoms with Crippen molar-refractivity contribution in [2.75, 3.05) is 0 Å². The number of nitrogens with zero attached hydrogens (tertiary/aromatic N) is 2. The summed E-state index contributed by atoms with van der Waals surface area (Å²) < 4.78 is 0. The van der Waals surface area contributed by atoms with Crippen LogP contribution in [0, 0.1) is 12.8 Å². The Bertz CT molecular complexity index is 425. The lowest BCUT2D eigenvalue weighted by atomic mass is 10.1. The highest BCUT2D eigenvalue weighted by Crippen LogP contribution is 2.30. The molecule has 0 bridgehead atoms. The lowest BCUT2D eigenvalue weighted by molar-refractivity contribution is -0.131. The summed E-state index contributed by atoms with van der Waals surface area (Å²) in [5.74, 6) is 0.122. The second kappa shape index (κ2) is 4.40. The molecule has 1 amide bonds. The Morgan fingerprint density at radius 2 is 2.19 bits per heavy atom. The molecular weight excluding hydrogens is 206 g/mol. The minimum Gasteiger partial charge on any atom is -0.289 e. The van der Waals surface area contributed by atoms with E-state index in [0.29, 0.717) is 0 Å². The topological polar surface area (TPSA) is 75.1 Å². The molecule has 1 heterocycles. The van der Waals surface area contributed by atoms with Crippen molar-refractivity contribution in [2.24, 2.45) is 5.92 Å². The zero-order chi connectivity index (χ0) is 11.5. The van der Waals surface area contributed by atoms with Gasteiger partial charge < -0.3 is 0 Å². The molecule has 1 atom stereocenters. The maximum absolute atomic E-state index is 11.2. The van der Waals surface area contributed by atoms with Gasteiger partial charge in [0.15, 0.2) is 0 Å². The second-order valence-electron chi connectivity index (χ2n) is 3.83. The Kier molecular flexibility index (Phi) is 2.96. The molecule has 16 heavy (non-hydrogen) atoms. The molecule has 0 spiro atoms. The minimum atomic E-state index is -0.358. The quantitative estimate of drug-likeness (QED) is 0.576. The molecule has 1 unspecified atom stereocenters. The summed E-state index contributed by atoms with van der Waals surface area (Å²) in [6, 6.07) is 0. The number of carbonyl (C=O) groups is 1. The summed E-state index contributed by atoms with van der Waals surface area (Å²) in [6.07, 6.45) is 6.90. The summed E-state index contributed by atoms with van der Waals surface area (Å²) in [7, 11) is 0. The third-order valence-electron chi connectivity index (χ3n) is 2.73. The fourth-order valence-electron chi connectivity index (χ4n) is 1.81. The molecule has 1 aliphatic rings. The third kappa shape index (κ3) is 2.09. The summed E-state index contributed by atoms with van der Waals surface area (Å²) in [5.41, 5.74) is 3.68. The normalized spacial score (nSPS) is 19.4. The summed E-state index contributed by atoms with van der Waals surface area (Å²) in [4.78, 5) is 19.4. The van der Waals surface area contributed by atoms with Crippen molar-refractivity contribution in [3.63, 3.8) is 0 Å². The first-order valence-electron chi connectivity index (χ1n) is 5.14. The van der Waals surface area contributed by atoms with Crippen LogP contribution in [0.5, 0.6) is 0 Å². The van der Waals surface area contributed by atoms with E-state index in [4.69, 9.17) is 5.21 Å². The predicted molar refractivity (Wildman–Crippen MR) is 57.4 cm³/mol. The Morgan fingerprint density at radius 1 is 1.50 bits per heavy atom. The van der Waals surface area contributed by atoms with Crippen LogP contribution in [0.4, 0.5) is 0 Å². The maximum atomic E-state index is 11.2. The number of amides is 1. The van der Waals surface area contributed by atoms with Gasteiger partial charge in [-0.1, -0.05) is 6.08 Å². The lowest BCUT2D eigenvalue weighted by Crippen LogP contribution is -2.25. The van der Waals surface area contributed by atoms with Gasteiger partial charge in [-0.2, -0.15) is 0 Å². The van der Waals surface area contributed by atoms with Crippen LogP contribution in [-0.2, 0) is 4.79 Å². The number of aromatic nitrogens is 2. The van der Waals surface area contributed by atoms with Crippen molar-refractivity contribution >= 4 is 11.5 Å². The number of allylic oxidation sites excluding steroid dienone is 1. The van der Waals surface area contributed by atoms with Crippen molar-refractivity contribution in [2.45, 2.75) is 19.8 Å². The van der Waals surface area contributed by atoms with Gasteiger partial charge in [-0.15, -0.1) is 0 Å². The zero-order valence-electron chi connectivity index (χ0n) is 8.97. The average molecular weight is 219 g/mol. The first-order valence-corrected chi connectivity index (χ1v) is 5.14. The first-order chi connectivity index (χ1) is 7.70. The van der Waals surface area contributed by atoms with Gasteiger partial charge in [0.2, 0.25) is 5.91 Å². The van der Waals surface area contributed by atoms with E-state index in [1.54, 1.807) is 17.9 Å². The molecule has 1 aliphatic carbocycles. The van der Waals surface area contributed by atoms with E-state index in [1.807, 2.05) is 13.0 Å². The average Bonchev–Trinajstić information content (AvgIpc) is 2.78. The molecule has 0 saturated heterocycles. The SMILES string of the molecule is Cc1ncc(C2=CC(C(=O)NO)CC2)cn1. The highest BCUT2D eigenvalue weighted by Gasteiger charge is 2.23. The van der Waals surface area contributed by atoms with Gasteiger partial charge in [0.05, 0.1) is 5.92 Å². The van der Waals surface area contributed by atoms with Gasteiger partial charge in [-0.3, -0.25) is 10.0 Å². The smallest absolute Gasteiger partial charge is 0.250 e. The van der Waals surface area contributed by atoms with Crippen LogP contribution >= 0.6 is 0 Å². The van der Waals surface area contributed by atoms with E-state index in [-0.39, 0.29) is 11.8 Å². The number of hydroxylamine groups is 1. The largest absolute Gasteiger partial charge is 0.289 e. The minimum absolute atomic E-state index is 0.249. The Morgan fingerprint density at radius 3 is 2.81 bits per heavy atom. The molecule has 5 nitrogen and oxygen atoms in total. The van der Waals surface area contributed by atoms with Gasteiger partial charge in [-0.05, 0) is 25.3 Å². The number of nitrogens with one attached hydrogen (secondary N) is 1. The van der Waals surface area contributed by atoms with E-state index in [1.165, 1.54) is 0 Å². The van der Waals surface area contributed by atoms with Gasteiger partial charge >= 0.3 is 0 Å². The second-order valence-corrected chi connectivity index (χ2v) is 3.83. The van der Waals surface area contributed by atoms with E-state index < -0.39 is 0 Å². The van der Waals surface area contributed by atoms with Crippen molar-refractivity contribution in [3.8, 4) is 0 Å². The maximum Gasteiger partial charge on any atom is 0.250 e. The van der Waals surface area contributed by atoms with Crippen molar-refractivity contribution < 1.29 is 10.0 Å². The number of hydrogen-bond acceptors (Lipinski definition) is 4. The molecule has 5 heteroatoms. The summed E-state index contributed by atoms with van der Waals surface area (Å²) in [5, 5.41) is 8.53. The van der Waals surface area contributed by atoms with Crippen molar-refractivity contribution in [1.29, 1.82) is 0 Å². The molecule has 0 fully saturated rings. The fraction of sp³-hybridized carbons (Fsp3) is 0.364. The molecule has 1 aromatic rings. The fourth-order valence-corrected chi connectivity index (χ4v) is 1.81. The molecule has 0 aliphatic heterocycles. The van der Waals surface area contributed by atoms with E-state index in [9.17, 15) is 4.79 Å². The number of rotatable bonds is 2. The van der Waals surface area contributed by atoms with E-state index in [2.05, 4.69) is 9.97 Å². The van der Waals surface area contributed by atoms with Gasteiger partial charge in [0.1, 0.15) is 5.82 Å². The molecule has 2 rings (SSSR count). The van der Waals surface area contributed by atoms with Crippen molar-refractivity contribution in [1.82, 2.24) is 15.4 Å². The highest BCUT2D eigenvalue weighted by molar-refractivity contribution is 5.84. The van der Waals surface area contributed by atoms with Gasteiger partial charge in [0.25, 0.3) is 0 Å². The van der Waals surface area contributed by atoms with Gasteiger partial charge in [-0.25, -0.2) is 15.4 Å². The van der Waals surface area contributed by atoms with Crippen LogP contribution in [0.1, 0.15) is 24.2 Å². The van der Waals surface area contributed by atoms with Crippen LogP contribution in [-0.4, -0.2) is 21.1 Å². The van der Waals surface area contributed by atoms with Crippen LogP contribution in [0.15, 0.2) is 18.5 Å². The molecule has 0 saturated carbocycles. The monoisotopic (exact) mass is 219 g/mol. The lowest BCUT2D eigenvalue weighted by Gasteiger charge is -2.01. The summed E-state index contributed by atoms with van der Waals surface area (Å²) in [6.45, 7) is 1.83. The Balaban J connectivity index is 2.17. The Hall–Kier alpha value is -1.75. The number of aryl methyl sites for hydroxylation is 1. The third-order valence-corrected chi connectivity index (χ3v) is 2.73. The van der Waals surface area contributed by atoms with Crippen LogP contribution < -0.4 is 5.48 Å². The molecular formula is C11H13N3O2.